The maximum atomic E-state index is 12.2. The largest absolute Gasteiger partial charge is 0.354 e. The average molecular weight is 441 g/mol. The number of pyridine rings is 2. The second kappa shape index (κ2) is 10.9. The van der Waals surface area contributed by atoms with E-state index in [9.17, 15) is 19.2 Å². The lowest BCUT2D eigenvalue weighted by Crippen LogP contribution is -2.38. The lowest BCUT2D eigenvalue weighted by Gasteiger charge is -2.28. The van der Waals surface area contributed by atoms with Crippen LogP contribution in [0.4, 0.5) is 0 Å². The molecule has 32 heavy (non-hydrogen) atoms. The van der Waals surface area contributed by atoms with Crippen molar-refractivity contribution in [1.29, 1.82) is 0 Å². The zero-order valence-corrected chi connectivity index (χ0v) is 18.8. The average Bonchev–Trinajstić information content (AvgIpc) is 2.75. The first-order valence-corrected chi connectivity index (χ1v) is 11.2. The van der Waals surface area contributed by atoms with Gasteiger partial charge >= 0.3 is 0 Å². The van der Waals surface area contributed by atoms with Crippen LogP contribution in [-0.4, -0.2) is 34.0 Å². The van der Waals surface area contributed by atoms with Crippen molar-refractivity contribution in [2.45, 2.75) is 52.6 Å². The molecule has 0 bridgehead atoms. The van der Waals surface area contributed by atoms with Crippen molar-refractivity contribution in [2.75, 3.05) is 13.1 Å². The fourth-order valence-electron chi connectivity index (χ4n) is 4.05. The van der Waals surface area contributed by atoms with Crippen LogP contribution in [0.25, 0.3) is 0 Å². The van der Waals surface area contributed by atoms with Crippen LogP contribution in [0, 0.1) is 25.7 Å². The van der Waals surface area contributed by atoms with Gasteiger partial charge in [-0.05, 0) is 74.6 Å². The van der Waals surface area contributed by atoms with Gasteiger partial charge in [-0.25, -0.2) is 0 Å². The topological polar surface area (TPSA) is 102 Å². The summed E-state index contributed by atoms with van der Waals surface area (Å²) in [6, 6.07) is 6.67. The third kappa shape index (κ3) is 6.93. The summed E-state index contributed by atoms with van der Waals surface area (Å²) in [6.07, 6.45) is 7.24. The molecule has 2 amide bonds. The molecule has 0 aromatic carbocycles. The monoisotopic (exact) mass is 440 g/mol. The van der Waals surface area contributed by atoms with Crippen LogP contribution in [0.2, 0.25) is 0 Å². The summed E-state index contributed by atoms with van der Waals surface area (Å²) >= 11 is 0. The molecule has 1 aliphatic rings. The Bertz CT molecular complexity index is 979. The highest BCUT2D eigenvalue weighted by molar-refractivity contribution is 5.76. The van der Waals surface area contributed by atoms with Gasteiger partial charge in [0.1, 0.15) is 13.1 Å². The first kappa shape index (κ1) is 23.5. The number of aryl methyl sites for hydroxylation is 2. The second-order valence-corrected chi connectivity index (χ2v) is 8.84. The van der Waals surface area contributed by atoms with E-state index in [0.717, 1.165) is 36.8 Å². The van der Waals surface area contributed by atoms with E-state index < -0.39 is 0 Å². The smallest absolute Gasteiger partial charge is 0.251 e. The molecule has 1 fully saturated rings. The number of nitrogens with one attached hydrogen (secondary N) is 2. The number of hydrogen-bond donors (Lipinski definition) is 2. The Morgan fingerprint density at radius 2 is 1.16 bits per heavy atom. The highest BCUT2D eigenvalue weighted by Gasteiger charge is 2.22. The van der Waals surface area contributed by atoms with Gasteiger partial charge in [0.2, 0.25) is 11.8 Å². The minimum Gasteiger partial charge on any atom is -0.354 e. The molecule has 3 rings (SSSR count). The van der Waals surface area contributed by atoms with Gasteiger partial charge in [0.15, 0.2) is 0 Å². The predicted molar refractivity (Wildman–Crippen MR) is 122 cm³/mol. The SMILES string of the molecule is Cc1ccn(CC(=O)NCC2CCC(CNC(=O)Cn3ccc(C)cc3=O)CC2)c(=O)c1. The van der Waals surface area contributed by atoms with Gasteiger partial charge in [0.25, 0.3) is 11.1 Å². The number of nitrogens with zero attached hydrogens (tertiary/aromatic N) is 2. The Labute approximate surface area is 187 Å². The molecule has 1 aliphatic carbocycles. The maximum absolute atomic E-state index is 12.2. The quantitative estimate of drug-likeness (QED) is 0.647. The number of amides is 2. The molecule has 8 heteroatoms. The van der Waals surface area contributed by atoms with Crippen LogP contribution in [0.5, 0.6) is 0 Å². The van der Waals surface area contributed by atoms with E-state index in [2.05, 4.69) is 10.6 Å². The first-order valence-electron chi connectivity index (χ1n) is 11.2. The molecule has 2 aromatic rings. The summed E-state index contributed by atoms with van der Waals surface area (Å²) in [4.78, 5) is 48.2. The fourth-order valence-corrected chi connectivity index (χ4v) is 4.05. The Hall–Kier alpha value is -3.16. The fraction of sp³-hybridized carbons (Fsp3) is 0.500. The summed E-state index contributed by atoms with van der Waals surface area (Å²) in [7, 11) is 0. The van der Waals surface area contributed by atoms with Gasteiger partial charge < -0.3 is 19.8 Å². The minimum atomic E-state index is -0.171. The maximum Gasteiger partial charge on any atom is 0.251 e. The predicted octanol–water partition coefficient (Wildman–Crippen LogP) is 1.37. The third-order valence-electron chi connectivity index (χ3n) is 6.07. The molecule has 2 aromatic heterocycles. The lowest BCUT2D eigenvalue weighted by atomic mass is 9.82. The zero-order valence-electron chi connectivity index (χ0n) is 18.8. The highest BCUT2D eigenvalue weighted by Crippen LogP contribution is 2.27. The van der Waals surface area contributed by atoms with E-state index >= 15 is 0 Å². The highest BCUT2D eigenvalue weighted by atomic mass is 16.2. The van der Waals surface area contributed by atoms with E-state index in [0.29, 0.717) is 24.9 Å². The Balaban J connectivity index is 1.34. The summed E-state index contributed by atoms with van der Waals surface area (Å²) in [5, 5.41) is 5.89. The molecule has 172 valence electrons. The van der Waals surface area contributed by atoms with Crippen molar-refractivity contribution in [1.82, 2.24) is 19.8 Å². The zero-order chi connectivity index (χ0) is 23.1. The first-order chi connectivity index (χ1) is 15.3. The van der Waals surface area contributed by atoms with Gasteiger partial charge in [-0.1, -0.05) is 0 Å². The van der Waals surface area contributed by atoms with Crippen LogP contribution >= 0.6 is 0 Å². The van der Waals surface area contributed by atoms with Crippen molar-refractivity contribution in [3.63, 3.8) is 0 Å². The molecule has 0 unspecified atom stereocenters. The van der Waals surface area contributed by atoms with Crippen molar-refractivity contribution >= 4 is 11.8 Å². The number of rotatable bonds is 8. The summed E-state index contributed by atoms with van der Waals surface area (Å²) in [6.45, 7) is 4.97. The second-order valence-electron chi connectivity index (χ2n) is 8.84. The van der Waals surface area contributed by atoms with Gasteiger partial charge in [0.05, 0.1) is 0 Å². The van der Waals surface area contributed by atoms with Crippen LogP contribution < -0.4 is 21.8 Å². The van der Waals surface area contributed by atoms with Crippen LogP contribution in [-0.2, 0) is 22.7 Å². The van der Waals surface area contributed by atoms with Crippen molar-refractivity contribution < 1.29 is 9.59 Å². The van der Waals surface area contributed by atoms with Crippen molar-refractivity contribution in [2.24, 2.45) is 11.8 Å². The van der Waals surface area contributed by atoms with E-state index in [1.807, 2.05) is 26.0 Å². The van der Waals surface area contributed by atoms with Crippen molar-refractivity contribution in [3.05, 3.63) is 68.5 Å². The molecule has 2 N–H and O–H groups in total. The molecular formula is C24H32N4O4. The lowest BCUT2D eigenvalue weighted by molar-refractivity contribution is -0.123. The third-order valence-corrected chi connectivity index (χ3v) is 6.07. The normalized spacial score (nSPS) is 18.2. The van der Waals surface area contributed by atoms with E-state index in [-0.39, 0.29) is 36.0 Å². The van der Waals surface area contributed by atoms with Crippen LogP contribution in [0.15, 0.2) is 46.2 Å². The van der Waals surface area contributed by atoms with Crippen molar-refractivity contribution in [3.8, 4) is 0 Å². The molecule has 8 nitrogen and oxygen atoms in total. The van der Waals surface area contributed by atoms with Gasteiger partial charge in [-0.2, -0.15) is 0 Å². The molecule has 0 radical (unpaired) electrons. The van der Waals surface area contributed by atoms with Crippen LogP contribution in [0.3, 0.4) is 0 Å². The molecule has 2 heterocycles. The molecule has 1 saturated carbocycles. The van der Waals surface area contributed by atoms with Gasteiger partial charge in [-0.3, -0.25) is 19.2 Å². The summed E-state index contributed by atoms with van der Waals surface area (Å²) in [5.74, 6) is 0.506. The Morgan fingerprint density at radius 3 is 1.50 bits per heavy atom. The summed E-state index contributed by atoms with van der Waals surface area (Å²) in [5.41, 5.74) is 1.41. The minimum absolute atomic E-state index is 0.0323. The summed E-state index contributed by atoms with van der Waals surface area (Å²) < 4.78 is 2.82. The Kier molecular flexibility index (Phi) is 8.03. The van der Waals surface area contributed by atoms with E-state index in [1.54, 1.807) is 12.4 Å². The van der Waals surface area contributed by atoms with Crippen LogP contribution in [0.1, 0.15) is 36.8 Å². The molecule has 0 saturated heterocycles. The molecular weight excluding hydrogens is 408 g/mol. The van der Waals surface area contributed by atoms with Gasteiger partial charge in [-0.15, -0.1) is 0 Å². The molecule has 0 atom stereocenters. The van der Waals surface area contributed by atoms with Gasteiger partial charge in [0, 0.05) is 37.6 Å². The number of hydrogen-bond acceptors (Lipinski definition) is 4. The molecule has 0 aliphatic heterocycles. The van der Waals surface area contributed by atoms with E-state index in [1.165, 1.54) is 21.3 Å². The number of aromatic nitrogens is 2. The Morgan fingerprint density at radius 1 is 0.781 bits per heavy atom. The standard InChI is InChI=1S/C24H32N4O4/c1-17-7-9-27(23(31)11-17)15-21(29)25-13-19-3-5-20(6-4-19)14-26-22(30)16-28-10-8-18(2)12-24(28)32/h7-12,19-20H,3-6,13-16H2,1-2H3,(H,25,29)(H,26,30). The van der Waals surface area contributed by atoms with E-state index in [4.69, 9.17) is 0 Å². The number of carbonyl (C=O) groups is 2. The molecule has 0 spiro atoms. The number of carbonyl (C=O) groups excluding carboxylic acids is 2.